The van der Waals surface area contributed by atoms with Crippen molar-refractivity contribution in [2.24, 2.45) is 5.10 Å². The Balaban J connectivity index is 1.58. The van der Waals surface area contributed by atoms with Crippen LogP contribution < -0.4 is 14.8 Å². The Bertz CT molecular complexity index is 1250. The van der Waals surface area contributed by atoms with Gasteiger partial charge in [-0.05, 0) is 36.2 Å². The lowest BCUT2D eigenvalue weighted by Crippen LogP contribution is -2.35. The molecule has 1 aromatic heterocycles. The molecule has 0 spiro atoms. The van der Waals surface area contributed by atoms with Gasteiger partial charge in [-0.25, -0.2) is 14.4 Å². The second-order valence-electron chi connectivity index (χ2n) is 7.50. The topological polar surface area (TPSA) is 106 Å². The molecule has 2 heterocycles. The van der Waals surface area contributed by atoms with Crippen LogP contribution in [0.3, 0.4) is 0 Å². The van der Waals surface area contributed by atoms with E-state index in [0.29, 0.717) is 23.4 Å². The smallest absolute Gasteiger partial charge is 0.302 e. The molecule has 0 saturated carbocycles. The number of hydrogen-bond acceptors (Lipinski definition) is 8. The van der Waals surface area contributed by atoms with E-state index in [2.05, 4.69) is 15.4 Å². The first-order chi connectivity index (χ1) is 16.9. The fourth-order valence-electron chi connectivity index (χ4n) is 3.60. The largest absolute Gasteiger partial charge is 0.492 e. The van der Waals surface area contributed by atoms with Crippen molar-refractivity contribution >= 4 is 34.3 Å². The van der Waals surface area contributed by atoms with Crippen molar-refractivity contribution < 1.29 is 27.9 Å². The van der Waals surface area contributed by atoms with Crippen LogP contribution in [0, 0.1) is 5.82 Å². The van der Waals surface area contributed by atoms with Gasteiger partial charge in [0.15, 0.2) is 23.7 Å². The third-order valence-electron chi connectivity index (χ3n) is 5.31. The summed E-state index contributed by atoms with van der Waals surface area (Å²) >= 11 is 1.16. The number of methoxy groups -OCH3 is 2. The lowest BCUT2D eigenvalue weighted by Gasteiger charge is -2.29. The summed E-state index contributed by atoms with van der Waals surface area (Å²) in [5.74, 6) is -0.648. The zero-order valence-corrected chi connectivity index (χ0v) is 20.1. The summed E-state index contributed by atoms with van der Waals surface area (Å²) < 4.78 is 29.9. The van der Waals surface area contributed by atoms with Crippen LogP contribution in [-0.4, -0.2) is 46.3 Å². The number of aromatic nitrogens is 1. The molecule has 0 saturated heterocycles. The number of nitrogens with zero attached hydrogens (tertiary/aromatic N) is 3. The number of carbonyl (C=O) groups is 2. The highest BCUT2D eigenvalue weighted by molar-refractivity contribution is 8.14. The molecule has 35 heavy (non-hydrogen) atoms. The average Bonchev–Trinajstić information content (AvgIpc) is 3.41. The molecule has 3 aromatic rings. The van der Waals surface area contributed by atoms with Gasteiger partial charge in [0, 0.05) is 11.3 Å². The Kier molecular flexibility index (Phi) is 7.35. The number of nitrogens with one attached hydrogen (secondary N) is 1. The van der Waals surface area contributed by atoms with Crippen LogP contribution in [0.5, 0.6) is 11.5 Å². The minimum absolute atomic E-state index is 0.0148. The summed E-state index contributed by atoms with van der Waals surface area (Å²) in [4.78, 5) is 28.6. The van der Waals surface area contributed by atoms with Crippen LogP contribution in [0.2, 0.25) is 0 Å². The van der Waals surface area contributed by atoms with Crippen molar-refractivity contribution in [3.05, 3.63) is 71.7 Å². The average molecular weight is 499 g/mol. The molecule has 0 radical (unpaired) electrons. The van der Waals surface area contributed by atoms with Crippen molar-refractivity contribution in [1.29, 1.82) is 0 Å². The van der Waals surface area contributed by atoms with Gasteiger partial charge in [0.2, 0.25) is 5.76 Å². The van der Waals surface area contributed by atoms with Crippen molar-refractivity contribution in [2.45, 2.75) is 25.1 Å². The summed E-state index contributed by atoms with van der Waals surface area (Å²) in [6.45, 7) is 2.16. The Morgan fingerprint density at radius 3 is 2.54 bits per heavy atom. The van der Waals surface area contributed by atoms with Crippen molar-refractivity contribution in [3.63, 3.8) is 0 Å². The minimum atomic E-state index is -0.548. The zero-order chi connectivity index (χ0) is 24.9. The molecule has 0 fully saturated rings. The second-order valence-corrected chi connectivity index (χ2v) is 8.66. The van der Waals surface area contributed by atoms with E-state index in [4.69, 9.17) is 13.9 Å². The summed E-state index contributed by atoms with van der Waals surface area (Å²) in [7, 11) is 2.80. The van der Waals surface area contributed by atoms with E-state index in [-0.39, 0.29) is 34.3 Å². The molecular weight excluding hydrogens is 475 g/mol. The summed E-state index contributed by atoms with van der Waals surface area (Å²) in [5, 5.41) is 8.29. The number of halogens is 1. The number of rotatable bonds is 8. The molecule has 9 nitrogen and oxygen atoms in total. The number of benzene rings is 2. The molecule has 182 valence electrons. The molecule has 1 unspecified atom stereocenters. The molecule has 0 bridgehead atoms. The molecular formula is C24H23FN4O5S. The van der Waals surface area contributed by atoms with E-state index >= 15 is 0 Å². The Morgan fingerprint density at radius 1 is 1.17 bits per heavy atom. The third kappa shape index (κ3) is 5.14. The minimum Gasteiger partial charge on any atom is -0.492 e. The molecule has 1 N–H and O–H groups in total. The zero-order valence-electron chi connectivity index (χ0n) is 19.3. The quantitative estimate of drug-likeness (QED) is 0.469. The Labute approximate surface area is 205 Å². The molecule has 11 heteroatoms. The fraction of sp³-hybridized carbons (Fsp3) is 0.250. The van der Waals surface area contributed by atoms with Crippen LogP contribution in [0.1, 0.15) is 35.0 Å². The highest BCUT2D eigenvalue weighted by Gasteiger charge is 2.33. The SMILES string of the molecule is CCC1SC(=O)N(Cc2ccc(NC(=O)c3cnco3)cc2)N=C1c1ccc(F)c(OC)c1OC. The number of oxazole rings is 1. The van der Waals surface area contributed by atoms with Crippen molar-refractivity contribution in [3.8, 4) is 11.5 Å². The summed E-state index contributed by atoms with van der Waals surface area (Å²) in [6, 6.07) is 9.89. The predicted octanol–water partition coefficient (Wildman–Crippen LogP) is 4.93. The maximum Gasteiger partial charge on any atom is 0.302 e. The van der Waals surface area contributed by atoms with Gasteiger partial charge in [0.1, 0.15) is 0 Å². The highest BCUT2D eigenvalue weighted by atomic mass is 32.2. The number of hydrazone groups is 1. The van der Waals surface area contributed by atoms with Gasteiger partial charge in [0.25, 0.3) is 5.91 Å². The third-order valence-corrected chi connectivity index (χ3v) is 6.56. The van der Waals surface area contributed by atoms with E-state index in [9.17, 15) is 14.0 Å². The first kappa shape index (κ1) is 24.3. The van der Waals surface area contributed by atoms with E-state index in [1.54, 1.807) is 30.3 Å². The number of anilines is 1. The molecule has 1 aliphatic heterocycles. The number of thioether (sulfide) groups is 1. The van der Waals surface area contributed by atoms with E-state index < -0.39 is 11.7 Å². The summed E-state index contributed by atoms with van der Waals surface area (Å²) in [5.41, 5.74) is 2.53. The van der Waals surface area contributed by atoms with E-state index in [1.165, 1.54) is 37.9 Å². The fourth-order valence-corrected chi connectivity index (χ4v) is 4.52. The Hall–Kier alpha value is -3.86. The monoisotopic (exact) mass is 498 g/mol. The van der Waals surface area contributed by atoms with Gasteiger partial charge in [-0.1, -0.05) is 30.8 Å². The standard InChI is InChI=1S/C24H23FN4O5S/c1-4-19-20(16-9-10-17(25)22(33-3)21(16)32-2)28-29(24(31)35-19)12-14-5-7-15(8-6-14)27-23(30)18-11-26-13-34-18/h5-11,13,19H,4,12H2,1-3H3,(H,27,30). The molecule has 1 atom stereocenters. The maximum absolute atomic E-state index is 14.2. The van der Waals surface area contributed by atoms with Crippen LogP contribution in [0.15, 0.2) is 58.5 Å². The number of amides is 2. The number of ether oxygens (including phenoxy) is 2. The first-order valence-electron chi connectivity index (χ1n) is 10.7. The van der Waals surface area contributed by atoms with Crippen LogP contribution >= 0.6 is 11.8 Å². The number of carbonyl (C=O) groups excluding carboxylic acids is 2. The van der Waals surface area contributed by atoms with Gasteiger partial charge in [0.05, 0.1) is 37.9 Å². The van der Waals surface area contributed by atoms with Gasteiger partial charge < -0.3 is 19.2 Å². The number of hydrogen-bond donors (Lipinski definition) is 1. The highest BCUT2D eigenvalue weighted by Crippen LogP contribution is 2.38. The lowest BCUT2D eigenvalue weighted by atomic mass is 10.0. The summed E-state index contributed by atoms with van der Waals surface area (Å²) in [6.07, 6.45) is 3.15. The van der Waals surface area contributed by atoms with Crippen molar-refractivity contribution in [1.82, 2.24) is 9.99 Å². The van der Waals surface area contributed by atoms with Gasteiger partial charge in [-0.2, -0.15) is 5.10 Å². The molecule has 2 amide bonds. The van der Waals surface area contributed by atoms with Crippen molar-refractivity contribution in [2.75, 3.05) is 19.5 Å². The van der Waals surface area contributed by atoms with Crippen LogP contribution in [0.4, 0.5) is 14.9 Å². The molecule has 2 aromatic carbocycles. The van der Waals surface area contributed by atoms with Crippen LogP contribution in [0.25, 0.3) is 0 Å². The first-order valence-corrected chi connectivity index (χ1v) is 11.6. The van der Waals surface area contributed by atoms with Gasteiger partial charge in [-0.3, -0.25) is 9.59 Å². The molecule has 0 aliphatic carbocycles. The normalized spacial score (nSPS) is 15.5. The Morgan fingerprint density at radius 2 is 1.91 bits per heavy atom. The van der Waals surface area contributed by atoms with Gasteiger partial charge >= 0.3 is 5.24 Å². The van der Waals surface area contributed by atoms with Gasteiger partial charge in [-0.15, -0.1) is 0 Å². The predicted molar refractivity (Wildman–Crippen MR) is 130 cm³/mol. The maximum atomic E-state index is 14.2. The molecule has 1 aliphatic rings. The second kappa shape index (κ2) is 10.6. The lowest BCUT2D eigenvalue weighted by molar-refractivity contribution is 0.0996. The molecule has 4 rings (SSSR count). The van der Waals surface area contributed by atoms with E-state index in [0.717, 1.165) is 17.3 Å². The van der Waals surface area contributed by atoms with Crippen LogP contribution in [-0.2, 0) is 6.54 Å². The van der Waals surface area contributed by atoms with E-state index in [1.807, 2.05) is 6.92 Å².